The fourth-order valence-electron chi connectivity index (χ4n) is 2.46. The first-order chi connectivity index (χ1) is 9.77. The van der Waals surface area contributed by atoms with Gasteiger partial charge in [0.2, 0.25) is 0 Å². The van der Waals surface area contributed by atoms with E-state index < -0.39 is 21.7 Å². The Morgan fingerprint density at radius 1 is 1.09 bits per heavy atom. The molecule has 0 saturated carbocycles. The predicted octanol–water partition coefficient (Wildman–Crippen LogP) is 6.10. The SMILES string of the molecule is C[C](C)=[Zr]([O]c1cc(C)cc(C(C)(C)C)c1)[C]1=CC=CC1.Cl.Cl. The van der Waals surface area contributed by atoms with Crippen LogP contribution in [-0.4, -0.2) is 3.21 Å². The molecule has 1 aliphatic carbocycles. The molecule has 0 bridgehead atoms. The Morgan fingerprint density at radius 2 is 1.74 bits per heavy atom. The zero-order valence-electron chi connectivity index (χ0n) is 14.9. The number of benzene rings is 1. The van der Waals surface area contributed by atoms with E-state index in [2.05, 4.69) is 78.0 Å². The van der Waals surface area contributed by atoms with Gasteiger partial charge in [0.05, 0.1) is 0 Å². The minimum absolute atomic E-state index is 0. The maximum absolute atomic E-state index is 6.53. The standard InChI is InChI=1S/C11H16O.C5H5.C3H6.2ClH.Zr/c1-8-5-9(11(2,3)4)7-10(12)6-8;1-2-4-5-3-1;1-3-2;;;/h5-7,12H,1-4H3;1-3H,4H2;1-2H3;2*1H;/q;;;;;+1/p-1. The zero-order chi connectivity index (χ0) is 15.6. The molecular formula is C19H28Cl2OZr. The number of hydrogen-bond acceptors (Lipinski definition) is 1. The van der Waals surface area contributed by atoms with Gasteiger partial charge < -0.3 is 0 Å². The zero-order valence-corrected chi connectivity index (χ0v) is 19.0. The van der Waals surface area contributed by atoms with E-state index in [-0.39, 0.29) is 30.2 Å². The van der Waals surface area contributed by atoms with Gasteiger partial charge in [-0.05, 0) is 0 Å². The van der Waals surface area contributed by atoms with Crippen LogP contribution in [0, 0.1) is 6.92 Å². The van der Waals surface area contributed by atoms with Crippen LogP contribution < -0.4 is 2.81 Å². The number of halogens is 2. The van der Waals surface area contributed by atoms with Crippen LogP contribution in [-0.2, 0) is 27.1 Å². The van der Waals surface area contributed by atoms with Crippen molar-refractivity contribution in [3.8, 4) is 5.75 Å². The average Bonchev–Trinajstić information content (AvgIpc) is 2.87. The van der Waals surface area contributed by atoms with Crippen LogP contribution in [0.3, 0.4) is 0 Å². The van der Waals surface area contributed by atoms with Gasteiger partial charge >= 0.3 is 138 Å². The summed E-state index contributed by atoms with van der Waals surface area (Å²) in [5.74, 6) is 1.06. The van der Waals surface area contributed by atoms with Crippen molar-refractivity contribution >= 4 is 28.0 Å². The van der Waals surface area contributed by atoms with Crippen LogP contribution in [0.4, 0.5) is 0 Å². The van der Waals surface area contributed by atoms with Crippen molar-refractivity contribution in [2.45, 2.75) is 53.4 Å². The molecule has 128 valence electrons. The maximum atomic E-state index is 6.53. The summed E-state index contributed by atoms with van der Waals surface area (Å²) in [5, 5.41) is 0. The quantitative estimate of drug-likeness (QED) is 0.558. The monoisotopic (exact) mass is 432 g/mol. The molecule has 2 rings (SSSR count). The molecule has 23 heavy (non-hydrogen) atoms. The third-order valence-corrected chi connectivity index (χ3v) is 9.31. The molecule has 0 fully saturated rings. The summed E-state index contributed by atoms with van der Waals surface area (Å²) in [6.45, 7) is 13.4. The number of hydrogen-bond donors (Lipinski definition) is 0. The van der Waals surface area contributed by atoms with Crippen LogP contribution >= 0.6 is 24.8 Å². The molecule has 0 saturated heterocycles. The topological polar surface area (TPSA) is 9.23 Å². The molecule has 0 unspecified atom stereocenters. The Labute approximate surface area is 161 Å². The van der Waals surface area contributed by atoms with E-state index in [0.29, 0.717) is 0 Å². The van der Waals surface area contributed by atoms with Crippen molar-refractivity contribution in [1.82, 2.24) is 0 Å². The molecule has 1 aromatic carbocycles. The number of rotatable bonds is 3. The second kappa shape index (κ2) is 9.35. The molecular weight excluding hydrogens is 406 g/mol. The number of aryl methyl sites for hydroxylation is 1. The van der Waals surface area contributed by atoms with Crippen molar-refractivity contribution < 1.29 is 24.5 Å². The minimum Gasteiger partial charge on any atom is -0.147 e. The van der Waals surface area contributed by atoms with Crippen LogP contribution in [0.25, 0.3) is 0 Å². The Bertz CT molecular complexity index is 633. The third kappa shape index (κ3) is 6.33. The molecule has 0 spiro atoms. The normalized spacial score (nSPS) is 12.9. The average molecular weight is 435 g/mol. The smallest absolute Gasteiger partial charge is 0.147 e. The predicted molar refractivity (Wildman–Crippen MR) is 103 cm³/mol. The molecule has 1 nitrogen and oxygen atoms in total. The Hall–Kier alpha value is -0.167. The minimum atomic E-state index is -2.11. The van der Waals surface area contributed by atoms with Crippen molar-refractivity contribution in [1.29, 1.82) is 0 Å². The number of allylic oxidation sites excluding steroid dienone is 4. The summed E-state index contributed by atoms with van der Waals surface area (Å²) >= 11 is -2.11. The fraction of sp³-hybridized carbons (Fsp3) is 0.421. The molecule has 0 N–H and O–H groups in total. The molecule has 1 aromatic rings. The Morgan fingerprint density at radius 3 is 2.22 bits per heavy atom. The molecule has 0 aromatic heterocycles. The van der Waals surface area contributed by atoms with Gasteiger partial charge in [0.25, 0.3) is 0 Å². The Balaban J connectivity index is 0.00000242. The van der Waals surface area contributed by atoms with Crippen LogP contribution in [0.2, 0.25) is 0 Å². The first-order valence-corrected chi connectivity index (χ1v) is 11.1. The molecule has 0 atom stereocenters. The first-order valence-electron chi connectivity index (χ1n) is 7.61. The third-order valence-electron chi connectivity index (χ3n) is 3.65. The first kappa shape index (κ1) is 22.8. The molecule has 0 aliphatic heterocycles. The summed E-state index contributed by atoms with van der Waals surface area (Å²) in [4.78, 5) is 0. The molecule has 0 heterocycles. The van der Waals surface area contributed by atoms with Gasteiger partial charge in [0.15, 0.2) is 0 Å². The Kier molecular flexibility index (Phi) is 9.28. The second-order valence-electron chi connectivity index (χ2n) is 7.04. The van der Waals surface area contributed by atoms with Crippen molar-refractivity contribution in [3.05, 3.63) is 50.8 Å². The largest absolute Gasteiger partial charge is 0.147 e. The van der Waals surface area contributed by atoms with Gasteiger partial charge in [-0.2, -0.15) is 0 Å². The maximum Gasteiger partial charge on any atom is -0.147 e. The van der Waals surface area contributed by atoms with Gasteiger partial charge in [0, 0.05) is 0 Å². The van der Waals surface area contributed by atoms with Crippen LogP contribution in [0.1, 0.15) is 52.2 Å². The summed E-state index contributed by atoms with van der Waals surface area (Å²) in [6, 6.07) is 6.69. The molecule has 4 heteroatoms. The van der Waals surface area contributed by atoms with E-state index >= 15 is 0 Å². The van der Waals surface area contributed by atoms with Crippen molar-refractivity contribution in [3.63, 3.8) is 0 Å². The van der Waals surface area contributed by atoms with Gasteiger partial charge in [0.1, 0.15) is 0 Å². The van der Waals surface area contributed by atoms with Gasteiger partial charge in [-0.1, -0.05) is 0 Å². The molecule has 0 radical (unpaired) electrons. The fourth-order valence-corrected chi connectivity index (χ4v) is 7.09. The van der Waals surface area contributed by atoms with E-state index in [4.69, 9.17) is 2.81 Å². The van der Waals surface area contributed by atoms with Gasteiger partial charge in [-0.15, -0.1) is 24.8 Å². The summed E-state index contributed by atoms with van der Waals surface area (Å²) < 4.78 is 9.56. The van der Waals surface area contributed by atoms with E-state index in [0.717, 1.165) is 12.2 Å². The summed E-state index contributed by atoms with van der Waals surface area (Å²) in [5.41, 5.74) is 2.80. The van der Waals surface area contributed by atoms with E-state index in [1.807, 2.05) is 0 Å². The van der Waals surface area contributed by atoms with Crippen LogP contribution in [0.15, 0.2) is 39.7 Å². The van der Waals surface area contributed by atoms with Gasteiger partial charge in [-0.3, -0.25) is 0 Å². The molecule has 0 amide bonds. The van der Waals surface area contributed by atoms with E-state index in [9.17, 15) is 0 Å². The van der Waals surface area contributed by atoms with Gasteiger partial charge in [-0.25, -0.2) is 0 Å². The van der Waals surface area contributed by atoms with Crippen molar-refractivity contribution in [2.75, 3.05) is 0 Å². The van der Waals surface area contributed by atoms with Crippen LogP contribution in [0.5, 0.6) is 5.75 Å². The molecule has 1 aliphatic rings. The second-order valence-corrected chi connectivity index (χ2v) is 13.2. The summed E-state index contributed by atoms with van der Waals surface area (Å²) in [7, 11) is 0. The van der Waals surface area contributed by atoms with E-state index in [1.165, 1.54) is 17.6 Å². The summed E-state index contributed by atoms with van der Waals surface area (Å²) in [6.07, 6.45) is 7.75. The van der Waals surface area contributed by atoms with E-state index in [1.54, 1.807) is 0 Å². The van der Waals surface area contributed by atoms with Crippen molar-refractivity contribution in [2.24, 2.45) is 0 Å².